The van der Waals surface area contributed by atoms with Gasteiger partial charge in [-0.25, -0.2) is 0 Å². The lowest BCUT2D eigenvalue weighted by atomic mass is 9.79. The molecule has 0 bridgehead atoms. The average Bonchev–Trinajstić information content (AvgIpc) is 2.63. The van der Waals surface area contributed by atoms with Crippen LogP contribution in [0.15, 0.2) is 78.9 Å². The van der Waals surface area contributed by atoms with E-state index in [-0.39, 0.29) is 11.4 Å². The van der Waals surface area contributed by atoms with Gasteiger partial charge in [-0.3, -0.25) is 4.79 Å². The van der Waals surface area contributed by atoms with E-state index in [1.165, 1.54) is 0 Å². The second-order valence-corrected chi connectivity index (χ2v) is 5.36. The van der Waals surface area contributed by atoms with Crippen LogP contribution in [0.3, 0.4) is 0 Å². The molecule has 0 unspecified atom stereocenters. The highest BCUT2D eigenvalue weighted by Gasteiger charge is 2.17. The molecule has 0 saturated heterocycles. The topological polar surface area (TPSA) is 69.6 Å². The molecular formula is C19H16BNO3. The molecule has 0 atom stereocenters. The molecule has 5 heteroatoms. The lowest BCUT2D eigenvalue weighted by Gasteiger charge is -2.11. The van der Waals surface area contributed by atoms with Crippen LogP contribution >= 0.6 is 0 Å². The van der Waals surface area contributed by atoms with E-state index in [1.54, 1.807) is 36.4 Å². The second-order valence-electron chi connectivity index (χ2n) is 5.36. The quantitative estimate of drug-likeness (QED) is 0.647. The molecule has 0 spiro atoms. The van der Waals surface area contributed by atoms with Crippen molar-refractivity contribution in [3.05, 3.63) is 84.4 Å². The number of nitrogens with one attached hydrogen (secondary N) is 1. The Labute approximate surface area is 140 Å². The van der Waals surface area contributed by atoms with Crippen LogP contribution in [0.1, 0.15) is 10.4 Å². The van der Waals surface area contributed by atoms with Crippen molar-refractivity contribution in [1.82, 2.24) is 0 Å². The van der Waals surface area contributed by atoms with Crippen molar-refractivity contribution < 1.29 is 14.8 Å². The summed E-state index contributed by atoms with van der Waals surface area (Å²) < 4.78 is 0. The van der Waals surface area contributed by atoms with Gasteiger partial charge in [0.2, 0.25) is 0 Å². The number of rotatable bonds is 4. The molecule has 0 aromatic heterocycles. The van der Waals surface area contributed by atoms with Gasteiger partial charge >= 0.3 is 7.12 Å². The van der Waals surface area contributed by atoms with Crippen LogP contribution < -0.4 is 10.8 Å². The van der Waals surface area contributed by atoms with Crippen LogP contribution in [-0.2, 0) is 0 Å². The molecule has 24 heavy (non-hydrogen) atoms. The third-order valence-electron chi connectivity index (χ3n) is 3.74. The SMILES string of the molecule is O=C(Nc1ccccc1B(O)O)c1ccc(-c2ccccc2)cc1. The van der Waals surface area contributed by atoms with Crippen molar-refractivity contribution in [3.8, 4) is 11.1 Å². The Morgan fingerprint density at radius 2 is 1.33 bits per heavy atom. The summed E-state index contributed by atoms with van der Waals surface area (Å²) in [6.45, 7) is 0. The fourth-order valence-electron chi connectivity index (χ4n) is 2.48. The first-order chi connectivity index (χ1) is 11.6. The Kier molecular flexibility index (Phi) is 4.75. The second kappa shape index (κ2) is 7.13. The molecule has 0 aliphatic carbocycles. The number of carbonyl (C=O) groups is 1. The fraction of sp³-hybridized carbons (Fsp3) is 0. The lowest BCUT2D eigenvalue weighted by Crippen LogP contribution is -2.33. The van der Waals surface area contributed by atoms with Gasteiger partial charge in [-0.05, 0) is 29.3 Å². The zero-order chi connectivity index (χ0) is 16.9. The zero-order valence-electron chi connectivity index (χ0n) is 12.9. The Morgan fingerprint density at radius 1 is 0.750 bits per heavy atom. The predicted molar refractivity (Wildman–Crippen MR) is 96.1 cm³/mol. The minimum absolute atomic E-state index is 0.256. The Balaban J connectivity index is 1.79. The minimum atomic E-state index is -1.64. The first kappa shape index (κ1) is 16.0. The highest BCUT2D eigenvalue weighted by atomic mass is 16.4. The number of anilines is 1. The van der Waals surface area contributed by atoms with Crippen LogP contribution in [0, 0.1) is 0 Å². The maximum absolute atomic E-state index is 12.4. The Morgan fingerprint density at radius 3 is 2.00 bits per heavy atom. The van der Waals surface area contributed by atoms with Crippen molar-refractivity contribution >= 4 is 24.2 Å². The summed E-state index contributed by atoms with van der Waals surface area (Å²) in [4.78, 5) is 12.4. The average molecular weight is 317 g/mol. The molecule has 3 aromatic carbocycles. The van der Waals surface area contributed by atoms with Crippen molar-refractivity contribution in [2.75, 3.05) is 5.32 Å². The molecular weight excluding hydrogens is 301 g/mol. The summed E-state index contributed by atoms with van der Waals surface area (Å²) in [6, 6.07) is 23.8. The highest BCUT2D eigenvalue weighted by molar-refractivity contribution is 6.60. The summed E-state index contributed by atoms with van der Waals surface area (Å²) in [5, 5.41) is 21.4. The predicted octanol–water partition coefficient (Wildman–Crippen LogP) is 2.29. The van der Waals surface area contributed by atoms with Gasteiger partial charge in [0.05, 0.1) is 0 Å². The fourth-order valence-corrected chi connectivity index (χ4v) is 2.48. The summed E-state index contributed by atoms with van der Waals surface area (Å²) in [6.07, 6.45) is 0. The molecule has 0 saturated carbocycles. The van der Waals surface area contributed by atoms with Gasteiger partial charge in [0.25, 0.3) is 5.91 Å². The molecule has 0 fully saturated rings. The molecule has 3 N–H and O–H groups in total. The maximum Gasteiger partial charge on any atom is 0.490 e. The summed E-state index contributed by atoms with van der Waals surface area (Å²) in [5.41, 5.74) is 3.24. The van der Waals surface area contributed by atoms with Gasteiger partial charge in [-0.2, -0.15) is 0 Å². The van der Waals surface area contributed by atoms with Crippen LogP contribution in [0.5, 0.6) is 0 Å². The summed E-state index contributed by atoms with van der Waals surface area (Å²) in [7, 11) is -1.64. The Hall–Kier alpha value is -2.89. The summed E-state index contributed by atoms with van der Waals surface area (Å²) >= 11 is 0. The first-order valence-corrected chi connectivity index (χ1v) is 7.57. The van der Waals surface area contributed by atoms with E-state index in [9.17, 15) is 14.8 Å². The van der Waals surface area contributed by atoms with E-state index >= 15 is 0 Å². The van der Waals surface area contributed by atoms with E-state index in [4.69, 9.17) is 0 Å². The summed E-state index contributed by atoms with van der Waals surface area (Å²) in [5.74, 6) is -0.303. The van der Waals surface area contributed by atoms with Crippen LogP contribution in [0.4, 0.5) is 5.69 Å². The molecule has 4 nitrogen and oxygen atoms in total. The largest absolute Gasteiger partial charge is 0.490 e. The van der Waals surface area contributed by atoms with E-state index < -0.39 is 7.12 Å². The van der Waals surface area contributed by atoms with Crippen LogP contribution in [0.25, 0.3) is 11.1 Å². The molecule has 0 radical (unpaired) electrons. The molecule has 118 valence electrons. The number of carbonyl (C=O) groups excluding carboxylic acids is 1. The van der Waals surface area contributed by atoms with Crippen molar-refractivity contribution in [2.24, 2.45) is 0 Å². The minimum Gasteiger partial charge on any atom is -0.423 e. The molecule has 3 rings (SSSR count). The van der Waals surface area contributed by atoms with Gasteiger partial charge in [-0.15, -0.1) is 0 Å². The maximum atomic E-state index is 12.4. The number of amides is 1. The van der Waals surface area contributed by atoms with E-state index in [2.05, 4.69) is 5.32 Å². The zero-order valence-corrected chi connectivity index (χ0v) is 12.9. The van der Waals surface area contributed by atoms with Crippen molar-refractivity contribution in [3.63, 3.8) is 0 Å². The monoisotopic (exact) mass is 317 g/mol. The van der Waals surface area contributed by atoms with E-state index in [0.29, 0.717) is 11.3 Å². The number of hydrogen-bond donors (Lipinski definition) is 3. The number of benzene rings is 3. The van der Waals surface area contributed by atoms with Gasteiger partial charge in [-0.1, -0.05) is 60.7 Å². The smallest absolute Gasteiger partial charge is 0.423 e. The van der Waals surface area contributed by atoms with Gasteiger partial charge < -0.3 is 15.4 Å². The molecule has 3 aromatic rings. The van der Waals surface area contributed by atoms with E-state index in [0.717, 1.165) is 11.1 Å². The number of para-hydroxylation sites is 1. The van der Waals surface area contributed by atoms with E-state index in [1.807, 2.05) is 42.5 Å². The molecule has 0 aliphatic heterocycles. The van der Waals surface area contributed by atoms with Crippen molar-refractivity contribution in [2.45, 2.75) is 0 Å². The molecule has 0 aliphatic rings. The standard InChI is InChI=1S/C19H16BNO3/c22-19(21-18-9-5-4-8-17(18)20(23)24)16-12-10-15(11-13-16)14-6-2-1-3-7-14/h1-13,23-24H,(H,21,22). The lowest BCUT2D eigenvalue weighted by molar-refractivity contribution is 0.102. The van der Waals surface area contributed by atoms with Gasteiger partial charge in [0.15, 0.2) is 0 Å². The van der Waals surface area contributed by atoms with Crippen LogP contribution in [0.2, 0.25) is 0 Å². The molecule has 1 amide bonds. The Bertz CT molecular complexity index is 833. The third-order valence-corrected chi connectivity index (χ3v) is 3.74. The highest BCUT2D eigenvalue weighted by Crippen LogP contribution is 2.19. The molecule has 0 heterocycles. The van der Waals surface area contributed by atoms with Gasteiger partial charge in [0, 0.05) is 16.7 Å². The number of hydrogen-bond acceptors (Lipinski definition) is 3. The normalized spacial score (nSPS) is 10.2. The van der Waals surface area contributed by atoms with Gasteiger partial charge in [0.1, 0.15) is 0 Å². The third kappa shape index (κ3) is 3.54. The van der Waals surface area contributed by atoms with Crippen molar-refractivity contribution in [1.29, 1.82) is 0 Å². The first-order valence-electron chi connectivity index (χ1n) is 7.57. The van der Waals surface area contributed by atoms with Crippen LogP contribution in [-0.4, -0.2) is 23.1 Å².